The standard InChI is InChI=1S/C22H27NO2S/c1-22(2)17(14-7-9-23(22)10-8-14)13-18(24)19-12-16-6-5-15-4-3-11-25-20(15)21(16)26-19/h5-6,12,14,17H,3-4,7-11,13H2,1-2H3/t17-/m1/s1. The lowest BCUT2D eigenvalue weighted by Gasteiger charge is -2.56. The monoisotopic (exact) mass is 369 g/mol. The molecule has 0 aliphatic carbocycles. The molecule has 0 spiro atoms. The van der Waals surface area contributed by atoms with E-state index in [9.17, 15) is 4.79 Å². The summed E-state index contributed by atoms with van der Waals surface area (Å²) in [5, 5.41) is 1.16. The van der Waals surface area contributed by atoms with Crippen molar-refractivity contribution in [1.82, 2.24) is 4.90 Å². The quantitative estimate of drug-likeness (QED) is 0.719. The van der Waals surface area contributed by atoms with Crippen molar-refractivity contribution >= 4 is 27.2 Å². The van der Waals surface area contributed by atoms with E-state index in [1.54, 1.807) is 11.3 Å². The first-order valence-electron chi connectivity index (χ1n) is 10.0. The fourth-order valence-electron chi connectivity index (χ4n) is 5.45. The predicted octanol–water partition coefficient (Wildman–Crippen LogP) is 4.92. The van der Waals surface area contributed by atoms with Crippen molar-refractivity contribution in [2.24, 2.45) is 11.8 Å². The third-order valence-electron chi connectivity index (χ3n) is 7.07. The van der Waals surface area contributed by atoms with Gasteiger partial charge in [-0.3, -0.25) is 9.69 Å². The summed E-state index contributed by atoms with van der Waals surface area (Å²) in [5.74, 6) is 2.54. The molecule has 3 nitrogen and oxygen atoms in total. The van der Waals surface area contributed by atoms with E-state index in [4.69, 9.17) is 4.74 Å². The number of rotatable bonds is 3. The minimum atomic E-state index is 0.149. The maximum atomic E-state index is 13.2. The Bertz CT molecular complexity index is 860. The highest BCUT2D eigenvalue weighted by Gasteiger charge is 2.48. The number of carbonyl (C=O) groups excluding carboxylic acids is 1. The third kappa shape index (κ3) is 2.53. The molecular weight excluding hydrogens is 342 g/mol. The molecule has 6 rings (SSSR count). The summed E-state index contributed by atoms with van der Waals surface area (Å²) in [7, 11) is 0. The number of hydrogen-bond donors (Lipinski definition) is 0. The minimum absolute atomic E-state index is 0.149. The number of Topliss-reactive ketones (excluding diaryl/α,β-unsaturated/α-hetero) is 1. The van der Waals surface area contributed by atoms with Gasteiger partial charge in [-0.2, -0.15) is 0 Å². The average Bonchev–Trinajstić information content (AvgIpc) is 3.10. The van der Waals surface area contributed by atoms with Gasteiger partial charge in [-0.05, 0) is 81.5 Å². The Morgan fingerprint density at radius 2 is 2.12 bits per heavy atom. The molecule has 4 aliphatic rings. The molecule has 4 heteroatoms. The summed E-state index contributed by atoms with van der Waals surface area (Å²) in [6.07, 6.45) is 5.37. The predicted molar refractivity (Wildman–Crippen MR) is 106 cm³/mol. The zero-order valence-electron chi connectivity index (χ0n) is 15.7. The summed E-state index contributed by atoms with van der Waals surface area (Å²) >= 11 is 1.64. The summed E-state index contributed by atoms with van der Waals surface area (Å²) < 4.78 is 7.11. The van der Waals surface area contributed by atoms with Gasteiger partial charge in [0.15, 0.2) is 5.78 Å². The van der Waals surface area contributed by atoms with Gasteiger partial charge in [0.25, 0.3) is 0 Å². The van der Waals surface area contributed by atoms with Crippen LogP contribution in [0.1, 0.15) is 54.8 Å². The number of aryl methyl sites for hydroxylation is 1. The van der Waals surface area contributed by atoms with Crippen molar-refractivity contribution in [3.63, 3.8) is 0 Å². The maximum Gasteiger partial charge on any atom is 0.173 e. The number of ether oxygens (including phenoxy) is 1. The average molecular weight is 370 g/mol. The molecule has 0 N–H and O–H groups in total. The Balaban J connectivity index is 1.44. The molecule has 1 aromatic carbocycles. The van der Waals surface area contributed by atoms with Crippen LogP contribution in [0, 0.1) is 11.8 Å². The molecule has 2 bridgehead atoms. The second kappa shape index (κ2) is 6.07. The third-order valence-corrected chi connectivity index (χ3v) is 8.26. The van der Waals surface area contributed by atoms with Gasteiger partial charge < -0.3 is 4.74 Å². The molecule has 26 heavy (non-hydrogen) atoms. The van der Waals surface area contributed by atoms with E-state index in [-0.39, 0.29) is 5.54 Å². The second-order valence-corrected chi connectivity index (χ2v) is 9.80. The van der Waals surface area contributed by atoms with Gasteiger partial charge in [0, 0.05) is 12.0 Å². The number of piperidine rings is 3. The van der Waals surface area contributed by atoms with Crippen LogP contribution >= 0.6 is 11.3 Å². The molecule has 2 aromatic rings. The van der Waals surface area contributed by atoms with Gasteiger partial charge in [-0.25, -0.2) is 0 Å². The van der Waals surface area contributed by atoms with E-state index in [1.165, 1.54) is 36.2 Å². The Morgan fingerprint density at radius 3 is 2.88 bits per heavy atom. The number of hydrogen-bond acceptors (Lipinski definition) is 4. The van der Waals surface area contributed by atoms with Crippen LogP contribution in [0.5, 0.6) is 5.75 Å². The van der Waals surface area contributed by atoms with Crippen LogP contribution in [0.3, 0.4) is 0 Å². The highest BCUT2D eigenvalue weighted by Crippen LogP contribution is 2.46. The number of ketones is 1. The van der Waals surface area contributed by atoms with Crippen molar-refractivity contribution in [3.8, 4) is 5.75 Å². The van der Waals surface area contributed by atoms with Crippen molar-refractivity contribution in [2.75, 3.05) is 19.7 Å². The molecule has 4 aliphatic heterocycles. The van der Waals surface area contributed by atoms with Gasteiger partial charge in [0.1, 0.15) is 5.75 Å². The molecule has 3 saturated heterocycles. The lowest BCUT2D eigenvalue weighted by atomic mass is 9.65. The number of nitrogens with zero attached hydrogens (tertiary/aromatic N) is 1. The Morgan fingerprint density at radius 1 is 1.31 bits per heavy atom. The summed E-state index contributed by atoms with van der Waals surface area (Å²) in [6, 6.07) is 6.43. The molecular formula is C22H27NO2S. The zero-order chi connectivity index (χ0) is 17.9. The molecule has 1 atom stereocenters. The van der Waals surface area contributed by atoms with E-state index in [2.05, 4.69) is 36.9 Å². The SMILES string of the molecule is CC1(C)[C@H](CC(=O)c2cc3ccc4c(c3s2)OCCC4)C2CCN1CC2. The van der Waals surface area contributed by atoms with Crippen molar-refractivity contribution < 1.29 is 9.53 Å². The smallest absolute Gasteiger partial charge is 0.173 e. The number of thiophene rings is 1. The molecule has 0 radical (unpaired) electrons. The van der Waals surface area contributed by atoms with Crippen molar-refractivity contribution in [1.29, 1.82) is 0 Å². The van der Waals surface area contributed by atoms with Crippen LogP contribution in [0.25, 0.3) is 10.1 Å². The lowest BCUT2D eigenvalue weighted by Crippen LogP contribution is -2.61. The van der Waals surface area contributed by atoms with E-state index in [0.717, 1.165) is 35.5 Å². The molecule has 138 valence electrons. The topological polar surface area (TPSA) is 29.5 Å². The molecule has 0 saturated carbocycles. The first-order valence-corrected chi connectivity index (χ1v) is 10.8. The normalized spacial score (nSPS) is 29.4. The lowest BCUT2D eigenvalue weighted by molar-refractivity contribution is -0.0643. The maximum absolute atomic E-state index is 13.2. The van der Waals surface area contributed by atoms with E-state index in [1.807, 2.05) is 0 Å². The van der Waals surface area contributed by atoms with Gasteiger partial charge in [-0.1, -0.05) is 12.1 Å². The largest absolute Gasteiger partial charge is 0.492 e. The highest BCUT2D eigenvalue weighted by atomic mass is 32.1. The van der Waals surface area contributed by atoms with Gasteiger partial charge in [0.05, 0.1) is 16.2 Å². The van der Waals surface area contributed by atoms with Crippen molar-refractivity contribution in [3.05, 3.63) is 28.6 Å². The summed E-state index contributed by atoms with van der Waals surface area (Å²) in [5.41, 5.74) is 1.44. The summed E-state index contributed by atoms with van der Waals surface area (Å²) in [4.78, 5) is 16.7. The van der Waals surface area contributed by atoms with Crippen LogP contribution in [0.4, 0.5) is 0 Å². The Hall–Kier alpha value is -1.39. The molecule has 1 aromatic heterocycles. The first kappa shape index (κ1) is 16.8. The van der Waals surface area contributed by atoms with Crippen LogP contribution in [-0.4, -0.2) is 35.9 Å². The van der Waals surface area contributed by atoms with Gasteiger partial charge in [0.2, 0.25) is 0 Å². The van der Waals surface area contributed by atoms with E-state index >= 15 is 0 Å². The van der Waals surface area contributed by atoms with Gasteiger partial charge in [-0.15, -0.1) is 11.3 Å². The molecule has 0 unspecified atom stereocenters. The second-order valence-electron chi connectivity index (χ2n) is 8.75. The molecule has 0 amide bonds. The summed E-state index contributed by atoms with van der Waals surface area (Å²) in [6.45, 7) is 7.88. The van der Waals surface area contributed by atoms with E-state index in [0.29, 0.717) is 24.0 Å². The van der Waals surface area contributed by atoms with Crippen LogP contribution < -0.4 is 4.74 Å². The Kier molecular flexibility index (Phi) is 3.91. The fraction of sp³-hybridized carbons (Fsp3) is 0.591. The first-order chi connectivity index (χ1) is 12.5. The molecule has 5 heterocycles. The van der Waals surface area contributed by atoms with E-state index < -0.39 is 0 Å². The Labute approximate surface area is 159 Å². The number of carbonyl (C=O) groups is 1. The van der Waals surface area contributed by atoms with Crippen LogP contribution in [0.15, 0.2) is 18.2 Å². The van der Waals surface area contributed by atoms with Crippen LogP contribution in [0.2, 0.25) is 0 Å². The fourth-order valence-corrected chi connectivity index (χ4v) is 6.58. The zero-order valence-corrected chi connectivity index (χ0v) is 16.5. The number of fused-ring (bicyclic) bond motifs is 6. The number of benzene rings is 1. The van der Waals surface area contributed by atoms with Crippen LogP contribution in [-0.2, 0) is 6.42 Å². The minimum Gasteiger partial charge on any atom is -0.492 e. The van der Waals surface area contributed by atoms with Gasteiger partial charge >= 0.3 is 0 Å². The molecule has 3 fully saturated rings. The highest BCUT2D eigenvalue weighted by molar-refractivity contribution is 7.21. The van der Waals surface area contributed by atoms with Crippen molar-refractivity contribution in [2.45, 2.75) is 51.5 Å².